The van der Waals surface area contributed by atoms with Gasteiger partial charge in [0.05, 0.1) is 10.3 Å². The van der Waals surface area contributed by atoms with Crippen LogP contribution in [0.5, 0.6) is 0 Å². The van der Waals surface area contributed by atoms with E-state index >= 15 is 0 Å². The number of hydrogen-bond donors (Lipinski definition) is 0. The summed E-state index contributed by atoms with van der Waals surface area (Å²) in [4.78, 5) is 13.6. The summed E-state index contributed by atoms with van der Waals surface area (Å²) in [6, 6.07) is 4.17. The molecule has 0 amide bonds. The third kappa shape index (κ3) is 4.02. The summed E-state index contributed by atoms with van der Waals surface area (Å²) in [6.45, 7) is 1.46. The Morgan fingerprint density at radius 3 is 2.92 bits per heavy atom. The van der Waals surface area contributed by atoms with Gasteiger partial charge in [0, 0.05) is 11.4 Å². The molecule has 0 fully saturated rings. The molecule has 0 saturated carbocycles. The topological polar surface area (TPSA) is 20.3 Å². The van der Waals surface area contributed by atoms with Crippen LogP contribution in [0.4, 0.5) is 0 Å². The highest BCUT2D eigenvalue weighted by Crippen LogP contribution is 2.22. The lowest BCUT2D eigenvalue weighted by molar-refractivity contribution is -0.108. The number of halogens is 1. The van der Waals surface area contributed by atoms with E-state index in [1.807, 2.05) is 11.9 Å². The molecule has 0 N–H and O–H groups in total. The van der Waals surface area contributed by atoms with E-state index in [4.69, 9.17) is 0 Å². The number of aldehydes is 1. The van der Waals surface area contributed by atoms with Crippen molar-refractivity contribution in [2.45, 2.75) is 6.42 Å². The molecule has 0 aliphatic rings. The highest BCUT2D eigenvalue weighted by Gasteiger charge is 2.00. The van der Waals surface area contributed by atoms with Gasteiger partial charge in [-0.3, -0.25) is 4.90 Å². The monoisotopic (exact) mass is 261 g/mol. The van der Waals surface area contributed by atoms with Gasteiger partial charge >= 0.3 is 0 Å². The van der Waals surface area contributed by atoms with Crippen molar-refractivity contribution in [3.05, 3.63) is 20.8 Å². The molecule has 1 rings (SSSR count). The number of hydrogen-bond acceptors (Lipinski definition) is 3. The highest BCUT2D eigenvalue weighted by atomic mass is 79.9. The third-order valence-electron chi connectivity index (χ3n) is 1.75. The lowest BCUT2D eigenvalue weighted by Crippen LogP contribution is -2.22. The molecule has 0 bridgehead atoms. The van der Waals surface area contributed by atoms with Gasteiger partial charge in [0.25, 0.3) is 0 Å². The Morgan fingerprint density at radius 2 is 2.38 bits per heavy atom. The number of nitrogens with zero attached hydrogens (tertiary/aromatic N) is 1. The van der Waals surface area contributed by atoms with E-state index in [0.717, 1.165) is 19.3 Å². The summed E-state index contributed by atoms with van der Waals surface area (Å²) in [7, 11) is 1.96. The predicted molar refractivity (Wildman–Crippen MR) is 59.3 cm³/mol. The summed E-state index contributed by atoms with van der Waals surface area (Å²) >= 11 is 5.17. The van der Waals surface area contributed by atoms with Gasteiger partial charge < -0.3 is 4.79 Å². The van der Waals surface area contributed by atoms with Crippen molar-refractivity contribution in [3.8, 4) is 0 Å². The summed E-state index contributed by atoms with van der Waals surface area (Å²) in [5.41, 5.74) is 0. The van der Waals surface area contributed by atoms with Gasteiger partial charge in [-0.1, -0.05) is 0 Å². The Hall–Kier alpha value is -0.190. The first-order chi connectivity index (χ1) is 6.22. The second-order valence-electron chi connectivity index (χ2n) is 2.88. The molecular weight excluding hydrogens is 250 g/mol. The molecule has 0 spiro atoms. The fourth-order valence-electron chi connectivity index (χ4n) is 1.01. The molecule has 72 valence electrons. The summed E-state index contributed by atoms with van der Waals surface area (Å²) in [5, 5.41) is 0. The summed E-state index contributed by atoms with van der Waals surface area (Å²) < 4.78 is 1.17. The molecule has 1 aromatic rings. The molecule has 4 heteroatoms. The minimum atomic E-state index is 0.520. The van der Waals surface area contributed by atoms with Crippen LogP contribution in [-0.2, 0) is 11.2 Å². The van der Waals surface area contributed by atoms with Crippen LogP contribution < -0.4 is 0 Å². The van der Waals surface area contributed by atoms with Gasteiger partial charge in [-0.05, 0) is 41.5 Å². The minimum Gasteiger partial charge on any atom is -0.302 e. The van der Waals surface area contributed by atoms with Crippen molar-refractivity contribution >= 4 is 33.6 Å². The Kier molecular flexibility index (Phi) is 4.62. The second kappa shape index (κ2) is 5.52. The van der Waals surface area contributed by atoms with Crippen molar-refractivity contribution < 1.29 is 4.79 Å². The van der Waals surface area contributed by atoms with Gasteiger partial charge in [-0.2, -0.15) is 0 Å². The highest BCUT2D eigenvalue weighted by molar-refractivity contribution is 9.11. The SMILES string of the molecule is CN(CC=O)CCc1ccc(Br)s1. The van der Waals surface area contributed by atoms with E-state index < -0.39 is 0 Å². The maximum absolute atomic E-state index is 10.2. The van der Waals surface area contributed by atoms with E-state index in [-0.39, 0.29) is 0 Å². The smallest absolute Gasteiger partial charge is 0.133 e. The lowest BCUT2D eigenvalue weighted by Gasteiger charge is -2.11. The second-order valence-corrected chi connectivity index (χ2v) is 5.43. The molecule has 0 radical (unpaired) electrons. The number of carbonyl (C=O) groups excluding carboxylic acids is 1. The minimum absolute atomic E-state index is 0.520. The van der Waals surface area contributed by atoms with Gasteiger partial charge in [0.15, 0.2) is 0 Å². The van der Waals surface area contributed by atoms with E-state index in [1.165, 1.54) is 8.66 Å². The average Bonchev–Trinajstić information content (AvgIpc) is 2.49. The third-order valence-corrected chi connectivity index (χ3v) is 3.44. The fraction of sp³-hybridized carbons (Fsp3) is 0.444. The van der Waals surface area contributed by atoms with Crippen molar-refractivity contribution in [1.82, 2.24) is 4.90 Å². The van der Waals surface area contributed by atoms with Crippen LogP contribution in [0.15, 0.2) is 15.9 Å². The van der Waals surface area contributed by atoms with E-state index in [9.17, 15) is 4.79 Å². The molecule has 0 aliphatic carbocycles. The normalized spacial score (nSPS) is 10.7. The van der Waals surface area contributed by atoms with Crippen molar-refractivity contribution in [2.75, 3.05) is 20.1 Å². The summed E-state index contributed by atoms with van der Waals surface area (Å²) in [5.74, 6) is 0. The molecule has 1 aromatic heterocycles. The summed E-state index contributed by atoms with van der Waals surface area (Å²) in [6.07, 6.45) is 1.95. The van der Waals surface area contributed by atoms with Gasteiger partial charge in [0.2, 0.25) is 0 Å². The van der Waals surface area contributed by atoms with Gasteiger partial charge in [-0.25, -0.2) is 0 Å². The van der Waals surface area contributed by atoms with Crippen molar-refractivity contribution in [2.24, 2.45) is 0 Å². The lowest BCUT2D eigenvalue weighted by atomic mass is 10.3. The molecular formula is C9H12BrNOS. The Balaban J connectivity index is 2.30. The van der Waals surface area contributed by atoms with Crippen LogP contribution in [0.3, 0.4) is 0 Å². The Labute approximate surface area is 90.7 Å². The number of rotatable bonds is 5. The molecule has 0 aromatic carbocycles. The van der Waals surface area contributed by atoms with Gasteiger partial charge in [-0.15, -0.1) is 11.3 Å². The molecule has 13 heavy (non-hydrogen) atoms. The molecule has 0 unspecified atom stereocenters. The van der Waals surface area contributed by atoms with E-state index in [1.54, 1.807) is 11.3 Å². The van der Waals surface area contributed by atoms with Crippen LogP contribution in [-0.4, -0.2) is 31.3 Å². The zero-order chi connectivity index (χ0) is 9.68. The van der Waals surface area contributed by atoms with Crippen molar-refractivity contribution in [1.29, 1.82) is 0 Å². The number of likely N-dealkylation sites (N-methyl/N-ethyl adjacent to an activating group) is 1. The number of carbonyl (C=O) groups is 1. The predicted octanol–water partition coefficient (Wildman–Crippen LogP) is 2.18. The maximum atomic E-state index is 10.2. The first kappa shape index (κ1) is 10.9. The van der Waals surface area contributed by atoms with Crippen LogP contribution in [0.25, 0.3) is 0 Å². The Morgan fingerprint density at radius 1 is 1.62 bits per heavy atom. The zero-order valence-electron chi connectivity index (χ0n) is 7.50. The maximum Gasteiger partial charge on any atom is 0.133 e. The first-order valence-electron chi connectivity index (χ1n) is 4.09. The van der Waals surface area contributed by atoms with E-state index in [0.29, 0.717) is 6.54 Å². The zero-order valence-corrected chi connectivity index (χ0v) is 9.90. The van der Waals surface area contributed by atoms with Crippen LogP contribution in [0, 0.1) is 0 Å². The standard InChI is InChI=1S/C9H12BrNOS/c1-11(6-7-12)5-4-8-2-3-9(10)13-8/h2-3,7H,4-6H2,1H3. The average molecular weight is 262 g/mol. The van der Waals surface area contributed by atoms with E-state index in [2.05, 4.69) is 28.1 Å². The number of thiophene rings is 1. The van der Waals surface area contributed by atoms with Gasteiger partial charge in [0.1, 0.15) is 6.29 Å². The first-order valence-corrected chi connectivity index (χ1v) is 5.69. The fourth-order valence-corrected chi connectivity index (χ4v) is 2.48. The molecule has 0 saturated heterocycles. The Bertz CT molecular complexity index is 274. The van der Waals surface area contributed by atoms with Crippen LogP contribution >= 0.6 is 27.3 Å². The molecule has 1 heterocycles. The van der Waals surface area contributed by atoms with Crippen LogP contribution in [0.2, 0.25) is 0 Å². The van der Waals surface area contributed by atoms with Crippen LogP contribution in [0.1, 0.15) is 4.88 Å². The molecule has 0 atom stereocenters. The molecule has 2 nitrogen and oxygen atoms in total. The molecule has 0 aliphatic heterocycles. The van der Waals surface area contributed by atoms with Crippen molar-refractivity contribution in [3.63, 3.8) is 0 Å². The quantitative estimate of drug-likeness (QED) is 0.758. The largest absolute Gasteiger partial charge is 0.302 e.